The van der Waals surface area contributed by atoms with Gasteiger partial charge in [0, 0.05) is 18.6 Å². The lowest BCUT2D eigenvalue weighted by Crippen LogP contribution is -2.44. The quantitative estimate of drug-likeness (QED) is 0.591. The van der Waals surface area contributed by atoms with Crippen molar-refractivity contribution >= 4 is 17.7 Å². The molecule has 0 unspecified atom stereocenters. The van der Waals surface area contributed by atoms with E-state index < -0.39 is 0 Å². The zero-order valence-electron chi connectivity index (χ0n) is 17.2. The van der Waals surface area contributed by atoms with Gasteiger partial charge in [-0.1, -0.05) is 43.2 Å². The molecule has 0 bridgehead atoms. The molecular formula is C22H29FN4OS. The van der Waals surface area contributed by atoms with Crippen molar-refractivity contribution in [3.63, 3.8) is 0 Å². The summed E-state index contributed by atoms with van der Waals surface area (Å²) in [5, 5.41) is 9.13. The van der Waals surface area contributed by atoms with Gasteiger partial charge in [0.25, 0.3) is 0 Å². The molecule has 29 heavy (non-hydrogen) atoms. The number of carbonyl (C=O) groups is 1. The Bertz CT molecular complexity index is 860. The molecule has 1 aromatic heterocycles. The topological polar surface area (TPSA) is 51.0 Å². The van der Waals surface area contributed by atoms with Gasteiger partial charge in [0.05, 0.1) is 10.8 Å². The largest absolute Gasteiger partial charge is 0.339 e. The molecule has 2 saturated carbocycles. The molecule has 0 aliphatic heterocycles. The minimum Gasteiger partial charge on any atom is -0.339 e. The summed E-state index contributed by atoms with van der Waals surface area (Å²) in [5.74, 6) is 0.437. The van der Waals surface area contributed by atoms with Crippen LogP contribution < -0.4 is 0 Å². The van der Waals surface area contributed by atoms with Gasteiger partial charge in [-0.05, 0) is 51.7 Å². The molecular weight excluding hydrogens is 387 g/mol. The van der Waals surface area contributed by atoms with E-state index in [-0.39, 0.29) is 17.0 Å². The van der Waals surface area contributed by atoms with E-state index in [0.717, 1.165) is 32.2 Å². The number of nitrogens with zero attached hydrogens (tertiary/aromatic N) is 4. The summed E-state index contributed by atoms with van der Waals surface area (Å²) < 4.78 is 16.4. The van der Waals surface area contributed by atoms with E-state index in [1.54, 1.807) is 12.1 Å². The Morgan fingerprint density at radius 3 is 2.59 bits per heavy atom. The maximum Gasteiger partial charge on any atom is 0.236 e. The lowest BCUT2D eigenvalue weighted by atomic mass is 9.94. The predicted octanol–water partition coefficient (Wildman–Crippen LogP) is 5.08. The van der Waals surface area contributed by atoms with Crippen LogP contribution in [0.15, 0.2) is 29.4 Å². The molecule has 0 spiro atoms. The molecule has 2 aliphatic rings. The first-order valence-electron chi connectivity index (χ1n) is 10.8. The highest BCUT2D eigenvalue weighted by Gasteiger charge is 2.34. The van der Waals surface area contributed by atoms with Gasteiger partial charge < -0.3 is 4.90 Å². The summed E-state index contributed by atoms with van der Waals surface area (Å²) in [6.45, 7) is 4.75. The van der Waals surface area contributed by atoms with Gasteiger partial charge in [-0.3, -0.25) is 9.36 Å². The molecule has 2 aromatic rings. The van der Waals surface area contributed by atoms with Crippen molar-refractivity contribution < 1.29 is 9.18 Å². The fourth-order valence-corrected chi connectivity index (χ4v) is 5.26. The number of hydrogen-bond acceptors (Lipinski definition) is 4. The second-order valence-corrected chi connectivity index (χ2v) is 9.37. The Labute approximate surface area is 176 Å². The summed E-state index contributed by atoms with van der Waals surface area (Å²) in [4.78, 5) is 15.2. The van der Waals surface area contributed by atoms with Crippen LogP contribution in [0.3, 0.4) is 0 Å². The number of thioether (sulfide) groups is 1. The van der Waals surface area contributed by atoms with Crippen molar-refractivity contribution in [3.05, 3.63) is 30.1 Å². The van der Waals surface area contributed by atoms with E-state index >= 15 is 0 Å². The highest BCUT2D eigenvalue weighted by Crippen LogP contribution is 2.42. The summed E-state index contributed by atoms with van der Waals surface area (Å²) in [5.41, 5.74) is 0.468. The van der Waals surface area contributed by atoms with Crippen molar-refractivity contribution in [2.45, 2.75) is 81.3 Å². The van der Waals surface area contributed by atoms with Gasteiger partial charge in [0.1, 0.15) is 5.82 Å². The molecule has 4 rings (SSSR count). The van der Waals surface area contributed by atoms with Crippen molar-refractivity contribution in [3.8, 4) is 11.4 Å². The van der Waals surface area contributed by atoms with E-state index in [2.05, 4.69) is 17.1 Å². The Kier molecular flexibility index (Phi) is 6.23. The average molecular weight is 417 g/mol. The Morgan fingerprint density at radius 2 is 1.93 bits per heavy atom. The minimum atomic E-state index is -0.295. The molecule has 0 radical (unpaired) electrons. The Balaban J connectivity index is 1.54. The standard InChI is InChI=1S/C22H29FN4OS/c1-3-26(16-9-5-4-6-10-16)21(28)15(2)29-22-25-24-20(27(22)17-13-14-17)18-11-7-8-12-19(18)23/h7-8,11-12,15-17H,3-6,9-10,13-14H2,1-2H3/t15-/m1/s1. The van der Waals surface area contributed by atoms with E-state index in [0.29, 0.717) is 28.6 Å². The maximum atomic E-state index is 14.3. The molecule has 0 saturated heterocycles. The van der Waals surface area contributed by atoms with Crippen molar-refractivity contribution in [1.29, 1.82) is 0 Å². The SMILES string of the molecule is CCN(C(=O)[C@@H](C)Sc1nnc(-c2ccccc2F)n1C1CC1)C1CCCCC1. The minimum absolute atomic E-state index is 0.169. The number of carbonyl (C=O) groups excluding carboxylic acids is 1. The average Bonchev–Trinajstić information content (AvgIpc) is 3.50. The van der Waals surface area contributed by atoms with Crippen LogP contribution in [0, 0.1) is 5.82 Å². The van der Waals surface area contributed by atoms with Crippen LogP contribution in [0.2, 0.25) is 0 Å². The second kappa shape index (κ2) is 8.86. The van der Waals surface area contributed by atoms with Crippen molar-refractivity contribution in [2.75, 3.05) is 6.54 Å². The second-order valence-electron chi connectivity index (χ2n) is 8.06. The van der Waals surface area contributed by atoms with Crippen molar-refractivity contribution in [1.82, 2.24) is 19.7 Å². The van der Waals surface area contributed by atoms with Crippen LogP contribution in [-0.4, -0.2) is 43.4 Å². The number of rotatable bonds is 7. The van der Waals surface area contributed by atoms with E-state index in [9.17, 15) is 9.18 Å². The summed E-state index contributed by atoms with van der Waals surface area (Å²) in [7, 11) is 0. The van der Waals surface area contributed by atoms with Crippen molar-refractivity contribution in [2.24, 2.45) is 0 Å². The number of benzene rings is 1. The summed E-state index contributed by atoms with van der Waals surface area (Å²) >= 11 is 1.45. The Hall–Kier alpha value is -1.89. The number of hydrogen-bond donors (Lipinski definition) is 0. The molecule has 156 valence electrons. The van der Waals surface area contributed by atoms with Crippen LogP contribution in [0.5, 0.6) is 0 Å². The molecule has 7 heteroatoms. The molecule has 1 heterocycles. The molecule has 5 nitrogen and oxygen atoms in total. The zero-order valence-corrected chi connectivity index (χ0v) is 18.0. The first-order valence-corrected chi connectivity index (χ1v) is 11.6. The molecule has 1 amide bonds. The van der Waals surface area contributed by atoms with E-state index in [1.807, 2.05) is 22.5 Å². The smallest absolute Gasteiger partial charge is 0.236 e. The number of halogens is 1. The van der Waals surface area contributed by atoms with E-state index in [4.69, 9.17) is 0 Å². The van der Waals surface area contributed by atoms with Crippen LogP contribution in [-0.2, 0) is 4.79 Å². The number of amides is 1. The monoisotopic (exact) mass is 416 g/mol. The third-order valence-electron chi connectivity index (χ3n) is 5.96. The van der Waals surface area contributed by atoms with Gasteiger partial charge >= 0.3 is 0 Å². The van der Waals surface area contributed by atoms with E-state index in [1.165, 1.54) is 37.1 Å². The van der Waals surface area contributed by atoms with Crippen LogP contribution in [0.25, 0.3) is 11.4 Å². The molecule has 1 atom stereocenters. The third kappa shape index (κ3) is 4.34. The first-order chi connectivity index (χ1) is 14.1. The van der Waals surface area contributed by atoms with Gasteiger partial charge in [-0.25, -0.2) is 4.39 Å². The first kappa shape index (κ1) is 20.4. The fraction of sp³-hybridized carbons (Fsp3) is 0.591. The van der Waals surface area contributed by atoms with Crippen LogP contribution >= 0.6 is 11.8 Å². The number of aromatic nitrogens is 3. The highest BCUT2D eigenvalue weighted by molar-refractivity contribution is 8.00. The summed E-state index contributed by atoms with van der Waals surface area (Å²) in [6, 6.07) is 7.33. The highest BCUT2D eigenvalue weighted by atomic mass is 32.2. The maximum absolute atomic E-state index is 14.3. The summed E-state index contributed by atoms with van der Waals surface area (Å²) in [6.07, 6.45) is 7.97. The lowest BCUT2D eigenvalue weighted by molar-refractivity contribution is -0.133. The predicted molar refractivity (Wildman–Crippen MR) is 113 cm³/mol. The fourth-order valence-electron chi connectivity index (χ4n) is 4.27. The molecule has 2 fully saturated rings. The molecule has 0 N–H and O–H groups in total. The lowest BCUT2D eigenvalue weighted by Gasteiger charge is -2.35. The Morgan fingerprint density at radius 1 is 1.21 bits per heavy atom. The molecule has 1 aromatic carbocycles. The van der Waals surface area contributed by atoms with Gasteiger partial charge in [-0.2, -0.15) is 0 Å². The van der Waals surface area contributed by atoms with Gasteiger partial charge in [-0.15, -0.1) is 10.2 Å². The molecule has 2 aliphatic carbocycles. The van der Waals surface area contributed by atoms with Gasteiger partial charge in [0.2, 0.25) is 5.91 Å². The van der Waals surface area contributed by atoms with Gasteiger partial charge in [0.15, 0.2) is 11.0 Å². The van der Waals surface area contributed by atoms with Crippen LogP contribution in [0.1, 0.15) is 64.8 Å². The third-order valence-corrected chi connectivity index (χ3v) is 7.00. The normalized spacial score (nSPS) is 18.6. The van der Waals surface area contributed by atoms with Crippen LogP contribution in [0.4, 0.5) is 4.39 Å². The zero-order chi connectivity index (χ0) is 20.4.